The standard InChI is InChI=1S/C21H19F2N3O3/c1-4-16-18(19(27)17-6-11(2)5-12(3)24-17)26(21(29)25-20(16)28)10-13-7-14(22)9-15(23)8-13/h5-9H,4,10H2,1-3H3,(H,25,28,29). The summed E-state index contributed by atoms with van der Waals surface area (Å²) < 4.78 is 28.2. The molecule has 0 atom stereocenters. The highest BCUT2D eigenvalue weighted by Crippen LogP contribution is 2.15. The summed E-state index contributed by atoms with van der Waals surface area (Å²) in [6, 6.07) is 6.19. The van der Waals surface area contributed by atoms with Gasteiger partial charge in [0.25, 0.3) is 5.56 Å². The molecule has 0 spiro atoms. The first-order valence-corrected chi connectivity index (χ1v) is 9.00. The molecule has 150 valence electrons. The molecule has 0 bridgehead atoms. The molecular weight excluding hydrogens is 380 g/mol. The Labute approximate surface area is 164 Å². The van der Waals surface area contributed by atoms with Gasteiger partial charge < -0.3 is 0 Å². The van der Waals surface area contributed by atoms with Crippen LogP contribution >= 0.6 is 0 Å². The second-order valence-corrected chi connectivity index (χ2v) is 6.80. The zero-order valence-corrected chi connectivity index (χ0v) is 16.2. The number of H-pyrrole nitrogens is 1. The van der Waals surface area contributed by atoms with Crippen molar-refractivity contribution in [3.63, 3.8) is 0 Å². The average Bonchev–Trinajstić information content (AvgIpc) is 2.61. The van der Waals surface area contributed by atoms with Crippen molar-refractivity contribution in [3.8, 4) is 0 Å². The predicted octanol–water partition coefficient (Wildman–Crippen LogP) is 2.67. The van der Waals surface area contributed by atoms with Crippen molar-refractivity contribution in [1.82, 2.24) is 14.5 Å². The third kappa shape index (κ3) is 4.21. The van der Waals surface area contributed by atoms with E-state index in [-0.39, 0.29) is 35.5 Å². The summed E-state index contributed by atoms with van der Waals surface area (Å²) in [5.41, 5.74) is 0.0806. The van der Waals surface area contributed by atoms with Gasteiger partial charge in [0.2, 0.25) is 5.78 Å². The Morgan fingerprint density at radius 3 is 2.31 bits per heavy atom. The zero-order chi connectivity index (χ0) is 21.3. The van der Waals surface area contributed by atoms with E-state index in [0.29, 0.717) is 11.8 Å². The van der Waals surface area contributed by atoms with Crippen LogP contribution in [0, 0.1) is 25.5 Å². The zero-order valence-electron chi connectivity index (χ0n) is 16.2. The van der Waals surface area contributed by atoms with Crippen LogP contribution in [0.5, 0.6) is 0 Å². The van der Waals surface area contributed by atoms with Crippen molar-refractivity contribution in [1.29, 1.82) is 0 Å². The number of hydrogen-bond acceptors (Lipinski definition) is 4. The fourth-order valence-electron chi connectivity index (χ4n) is 3.31. The number of rotatable bonds is 5. The molecule has 0 saturated heterocycles. The van der Waals surface area contributed by atoms with Crippen molar-refractivity contribution < 1.29 is 13.6 Å². The van der Waals surface area contributed by atoms with E-state index < -0.39 is 28.7 Å². The van der Waals surface area contributed by atoms with E-state index in [9.17, 15) is 23.2 Å². The lowest BCUT2D eigenvalue weighted by Gasteiger charge is -2.15. The van der Waals surface area contributed by atoms with Crippen LogP contribution in [0.15, 0.2) is 39.9 Å². The second-order valence-electron chi connectivity index (χ2n) is 6.80. The van der Waals surface area contributed by atoms with E-state index >= 15 is 0 Å². The maximum atomic E-state index is 13.6. The van der Waals surface area contributed by atoms with Crippen LogP contribution in [0.25, 0.3) is 0 Å². The molecule has 2 aromatic heterocycles. The van der Waals surface area contributed by atoms with Gasteiger partial charge in [-0.05, 0) is 55.7 Å². The topological polar surface area (TPSA) is 84.8 Å². The van der Waals surface area contributed by atoms with Crippen LogP contribution in [0.2, 0.25) is 0 Å². The third-order valence-electron chi connectivity index (χ3n) is 4.46. The number of benzene rings is 1. The quantitative estimate of drug-likeness (QED) is 0.669. The molecule has 0 unspecified atom stereocenters. The molecule has 0 aliphatic carbocycles. The molecule has 8 heteroatoms. The SMILES string of the molecule is CCc1c(C(=O)c2cc(C)cc(C)n2)n(Cc2cc(F)cc(F)c2)c(=O)[nH]c1=O. The number of carbonyl (C=O) groups excluding carboxylic acids is 1. The lowest BCUT2D eigenvalue weighted by atomic mass is 10.0. The molecule has 3 aromatic rings. The first-order valence-electron chi connectivity index (χ1n) is 9.00. The molecule has 0 amide bonds. The van der Waals surface area contributed by atoms with Gasteiger partial charge in [0.05, 0.1) is 6.54 Å². The number of pyridine rings is 1. The van der Waals surface area contributed by atoms with Crippen LogP contribution in [0.1, 0.15) is 45.5 Å². The van der Waals surface area contributed by atoms with Crippen molar-refractivity contribution in [2.45, 2.75) is 33.7 Å². The van der Waals surface area contributed by atoms with Gasteiger partial charge in [0, 0.05) is 17.3 Å². The number of nitrogens with one attached hydrogen (secondary N) is 1. The van der Waals surface area contributed by atoms with Gasteiger partial charge in [-0.1, -0.05) is 6.92 Å². The Morgan fingerprint density at radius 2 is 1.72 bits per heavy atom. The van der Waals surface area contributed by atoms with E-state index in [4.69, 9.17) is 0 Å². The van der Waals surface area contributed by atoms with Crippen LogP contribution in [0.3, 0.4) is 0 Å². The fourth-order valence-corrected chi connectivity index (χ4v) is 3.31. The Kier molecular flexibility index (Phi) is 5.54. The molecule has 0 fully saturated rings. The van der Waals surface area contributed by atoms with Crippen LogP contribution in [-0.2, 0) is 13.0 Å². The third-order valence-corrected chi connectivity index (χ3v) is 4.46. The van der Waals surface area contributed by atoms with Crippen LogP contribution < -0.4 is 11.2 Å². The highest BCUT2D eigenvalue weighted by atomic mass is 19.1. The molecule has 6 nitrogen and oxygen atoms in total. The molecule has 3 rings (SSSR count). The number of halogens is 2. The number of nitrogens with zero attached hydrogens (tertiary/aromatic N) is 2. The summed E-state index contributed by atoms with van der Waals surface area (Å²) in [7, 11) is 0. The highest BCUT2D eigenvalue weighted by Gasteiger charge is 2.23. The first kappa shape index (κ1) is 20.3. The number of aromatic amines is 1. The Balaban J connectivity index is 2.25. The Morgan fingerprint density at radius 1 is 1.07 bits per heavy atom. The number of aromatic nitrogens is 3. The van der Waals surface area contributed by atoms with Gasteiger partial charge in [-0.25, -0.2) is 18.6 Å². The van der Waals surface area contributed by atoms with Gasteiger partial charge in [-0.3, -0.25) is 19.1 Å². The molecule has 1 aromatic carbocycles. The maximum absolute atomic E-state index is 13.6. The number of hydrogen-bond donors (Lipinski definition) is 1. The molecule has 0 saturated carbocycles. The van der Waals surface area contributed by atoms with Gasteiger partial charge in [-0.15, -0.1) is 0 Å². The van der Waals surface area contributed by atoms with Crippen molar-refractivity contribution in [3.05, 3.63) is 96.6 Å². The molecule has 29 heavy (non-hydrogen) atoms. The molecule has 0 aliphatic heterocycles. The molecule has 1 N–H and O–H groups in total. The maximum Gasteiger partial charge on any atom is 0.329 e. The second kappa shape index (κ2) is 7.90. The molecule has 0 radical (unpaired) electrons. The van der Waals surface area contributed by atoms with Crippen molar-refractivity contribution in [2.75, 3.05) is 0 Å². The number of carbonyl (C=O) groups is 1. The fraction of sp³-hybridized carbons (Fsp3) is 0.238. The monoisotopic (exact) mass is 399 g/mol. The Bertz CT molecular complexity index is 1190. The summed E-state index contributed by atoms with van der Waals surface area (Å²) >= 11 is 0. The summed E-state index contributed by atoms with van der Waals surface area (Å²) in [4.78, 5) is 44.5. The van der Waals surface area contributed by atoms with E-state index in [1.54, 1.807) is 32.9 Å². The molecule has 2 heterocycles. The summed E-state index contributed by atoms with van der Waals surface area (Å²) in [6.07, 6.45) is 0.180. The number of ketones is 1. The van der Waals surface area contributed by atoms with E-state index in [1.807, 2.05) is 0 Å². The van der Waals surface area contributed by atoms with Crippen LogP contribution in [-0.4, -0.2) is 20.3 Å². The summed E-state index contributed by atoms with van der Waals surface area (Å²) in [5.74, 6) is -2.22. The molecular formula is C21H19F2N3O3. The van der Waals surface area contributed by atoms with Crippen LogP contribution in [0.4, 0.5) is 8.78 Å². The van der Waals surface area contributed by atoms with Gasteiger partial charge in [0.1, 0.15) is 23.0 Å². The minimum atomic E-state index is -0.843. The van der Waals surface area contributed by atoms with E-state index in [0.717, 1.165) is 22.3 Å². The van der Waals surface area contributed by atoms with Crippen molar-refractivity contribution >= 4 is 5.78 Å². The molecule has 0 aliphatic rings. The lowest BCUT2D eigenvalue weighted by Crippen LogP contribution is -2.37. The average molecular weight is 399 g/mol. The minimum Gasteiger partial charge on any atom is -0.285 e. The van der Waals surface area contributed by atoms with Gasteiger partial charge in [0.15, 0.2) is 0 Å². The summed E-state index contributed by atoms with van der Waals surface area (Å²) in [6.45, 7) is 4.91. The van der Waals surface area contributed by atoms with Gasteiger partial charge in [-0.2, -0.15) is 0 Å². The van der Waals surface area contributed by atoms with Crippen molar-refractivity contribution in [2.24, 2.45) is 0 Å². The van der Waals surface area contributed by atoms with E-state index in [2.05, 4.69) is 9.97 Å². The largest absolute Gasteiger partial charge is 0.329 e. The van der Waals surface area contributed by atoms with E-state index in [1.165, 1.54) is 0 Å². The normalized spacial score (nSPS) is 10.9. The Hall–Kier alpha value is -3.42. The highest BCUT2D eigenvalue weighted by molar-refractivity contribution is 6.07. The first-order chi connectivity index (χ1) is 13.7. The number of aryl methyl sites for hydroxylation is 2. The smallest absolute Gasteiger partial charge is 0.285 e. The lowest BCUT2D eigenvalue weighted by molar-refractivity contribution is 0.102. The predicted molar refractivity (Wildman–Crippen MR) is 103 cm³/mol. The minimum absolute atomic E-state index is 0.0846. The summed E-state index contributed by atoms with van der Waals surface area (Å²) in [5, 5.41) is 0. The van der Waals surface area contributed by atoms with Gasteiger partial charge >= 0.3 is 5.69 Å².